The molecule has 0 radical (unpaired) electrons. The fourth-order valence-electron chi connectivity index (χ4n) is 5.16. The largest absolute Gasteiger partial charge is 0.495 e. The molecule has 0 saturated carbocycles. The van der Waals surface area contributed by atoms with Crippen LogP contribution in [0.1, 0.15) is 41.7 Å². The second-order valence-corrected chi connectivity index (χ2v) is 9.59. The summed E-state index contributed by atoms with van der Waals surface area (Å²) >= 11 is 5.88. The summed E-state index contributed by atoms with van der Waals surface area (Å²) in [6.45, 7) is 5.54. The van der Waals surface area contributed by atoms with Crippen molar-refractivity contribution in [1.82, 2.24) is 14.9 Å². The normalized spacial score (nSPS) is 16.9. The predicted octanol–water partition coefficient (Wildman–Crippen LogP) is 5.77. The van der Waals surface area contributed by atoms with Crippen LogP contribution in [0.4, 0.5) is 15.8 Å². The zero-order chi connectivity index (χ0) is 27.0. The lowest BCUT2D eigenvalue weighted by Crippen LogP contribution is -2.29. The van der Waals surface area contributed by atoms with Crippen molar-refractivity contribution in [3.05, 3.63) is 101 Å². The van der Waals surface area contributed by atoms with Crippen LogP contribution in [0.2, 0.25) is 0 Å². The number of aryl methyl sites for hydroxylation is 1. The maximum atomic E-state index is 13.7. The number of carbonyl (C=O) groups excluding carboxylic acids is 1. The van der Waals surface area contributed by atoms with Crippen LogP contribution >= 0.6 is 12.2 Å². The number of rotatable bonds is 6. The Labute approximate surface area is 226 Å². The zero-order valence-corrected chi connectivity index (χ0v) is 22.3. The summed E-state index contributed by atoms with van der Waals surface area (Å²) in [5.41, 5.74) is 6.14. The number of hydrogen-bond acceptors (Lipinski definition) is 4. The molecule has 0 aliphatic carbocycles. The number of amides is 1. The van der Waals surface area contributed by atoms with E-state index in [4.69, 9.17) is 17.0 Å². The van der Waals surface area contributed by atoms with E-state index in [0.29, 0.717) is 16.5 Å². The molecule has 2 aromatic carbocycles. The molecule has 0 bridgehead atoms. The zero-order valence-electron chi connectivity index (χ0n) is 21.5. The van der Waals surface area contributed by atoms with Crippen LogP contribution < -0.4 is 20.3 Å². The molecule has 1 aliphatic rings. The molecule has 5 rings (SSSR count). The van der Waals surface area contributed by atoms with Crippen molar-refractivity contribution >= 4 is 34.6 Å². The highest BCUT2D eigenvalue weighted by atomic mass is 32.1. The molecule has 2 atom stereocenters. The summed E-state index contributed by atoms with van der Waals surface area (Å²) in [6.07, 6.45) is 1.77. The third-order valence-electron chi connectivity index (χ3n) is 6.74. The molecule has 1 saturated heterocycles. The highest BCUT2D eigenvalue weighted by Crippen LogP contribution is 2.45. The number of benzene rings is 2. The third-order valence-corrected chi connectivity index (χ3v) is 7.06. The van der Waals surface area contributed by atoms with Crippen molar-refractivity contribution < 1.29 is 13.9 Å². The molecule has 1 amide bonds. The number of halogens is 1. The van der Waals surface area contributed by atoms with E-state index in [1.807, 2.05) is 43.3 Å². The minimum Gasteiger partial charge on any atom is -0.495 e. The smallest absolute Gasteiger partial charge is 0.221 e. The highest BCUT2D eigenvalue weighted by molar-refractivity contribution is 7.80. The van der Waals surface area contributed by atoms with Gasteiger partial charge in [-0.15, -0.1) is 0 Å². The van der Waals surface area contributed by atoms with Gasteiger partial charge in [-0.2, -0.15) is 0 Å². The van der Waals surface area contributed by atoms with Gasteiger partial charge in [0.25, 0.3) is 0 Å². The molecule has 3 heterocycles. The molecule has 7 nitrogen and oxygen atoms in total. The number of nitrogens with one attached hydrogen (secondary N) is 2. The van der Waals surface area contributed by atoms with Gasteiger partial charge in [-0.1, -0.05) is 6.07 Å². The molecule has 0 spiro atoms. The number of aromatic nitrogens is 2. The minimum atomic E-state index is -0.280. The Balaban J connectivity index is 1.67. The van der Waals surface area contributed by atoms with E-state index >= 15 is 0 Å². The second-order valence-electron chi connectivity index (χ2n) is 9.20. The quantitative estimate of drug-likeness (QED) is 0.309. The number of hydrogen-bond donors (Lipinski definition) is 2. The fraction of sp³-hybridized carbons (Fsp3) is 0.207. The van der Waals surface area contributed by atoms with Crippen molar-refractivity contribution in [2.24, 2.45) is 0 Å². The summed E-state index contributed by atoms with van der Waals surface area (Å²) in [7, 11) is 1.56. The van der Waals surface area contributed by atoms with Crippen LogP contribution in [0, 0.1) is 19.7 Å². The standard InChI is InChI=1S/C29H28FN5O2S/c1-17-15-23(18(2)34(17)21-10-8-20(30)9-11-21)28-27(24-7-5-6-14-31-24)33-29(38)35(28)22-12-13-26(37-4)25(16-22)32-19(3)36/h5-16,27-28H,1-4H3,(H,32,36)(H,33,38)/t27-,28-/m1/s1. The van der Waals surface area contributed by atoms with E-state index in [0.717, 1.165) is 34.0 Å². The van der Waals surface area contributed by atoms with E-state index in [1.54, 1.807) is 25.4 Å². The minimum absolute atomic E-state index is 0.201. The first kappa shape index (κ1) is 25.4. The highest BCUT2D eigenvalue weighted by Gasteiger charge is 2.42. The molecule has 2 N–H and O–H groups in total. The maximum Gasteiger partial charge on any atom is 0.221 e. The van der Waals surface area contributed by atoms with Gasteiger partial charge in [0.1, 0.15) is 11.6 Å². The lowest BCUT2D eigenvalue weighted by molar-refractivity contribution is -0.114. The second kappa shape index (κ2) is 10.3. The van der Waals surface area contributed by atoms with Crippen LogP contribution in [0.5, 0.6) is 5.75 Å². The predicted molar refractivity (Wildman–Crippen MR) is 150 cm³/mol. The van der Waals surface area contributed by atoms with Crippen molar-refractivity contribution in [2.45, 2.75) is 32.9 Å². The van der Waals surface area contributed by atoms with Gasteiger partial charge >= 0.3 is 0 Å². The summed E-state index contributed by atoms with van der Waals surface area (Å²) in [5, 5.41) is 6.86. The molecule has 9 heteroatoms. The van der Waals surface area contributed by atoms with Crippen molar-refractivity contribution in [2.75, 3.05) is 17.3 Å². The summed E-state index contributed by atoms with van der Waals surface area (Å²) in [6, 6.07) is 19.5. The number of nitrogens with zero attached hydrogens (tertiary/aromatic N) is 3. The molecule has 0 unspecified atom stereocenters. The topological polar surface area (TPSA) is 71.4 Å². The molecule has 1 fully saturated rings. The van der Waals surface area contributed by atoms with Crippen molar-refractivity contribution in [3.63, 3.8) is 0 Å². The molecule has 194 valence electrons. The Kier molecular flexibility index (Phi) is 6.86. The fourth-order valence-corrected chi connectivity index (χ4v) is 5.50. The number of methoxy groups -OCH3 is 1. The first-order valence-electron chi connectivity index (χ1n) is 12.2. The number of ether oxygens (including phenoxy) is 1. The Morgan fingerprint density at radius 2 is 1.82 bits per heavy atom. The maximum absolute atomic E-state index is 13.7. The average molecular weight is 530 g/mol. The Morgan fingerprint density at radius 1 is 1.08 bits per heavy atom. The van der Waals surface area contributed by atoms with Crippen LogP contribution in [0.15, 0.2) is 72.9 Å². The Hall–Kier alpha value is -4.24. The van der Waals surface area contributed by atoms with Gasteiger partial charge in [0.2, 0.25) is 5.91 Å². The average Bonchev–Trinajstić information content (AvgIpc) is 3.39. The van der Waals surface area contributed by atoms with E-state index in [1.165, 1.54) is 19.1 Å². The summed E-state index contributed by atoms with van der Waals surface area (Å²) < 4.78 is 21.2. The third kappa shape index (κ3) is 4.61. The van der Waals surface area contributed by atoms with Gasteiger partial charge in [-0.3, -0.25) is 9.78 Å². The van der Waals surface area contributed by atoms with Gasteiger partial charge in [-0.25, -0.2) is 4.39 Å². The molecule has 1 aliphatic heterocycles. The van der Waals surface area contributed by atoms with Gasteiger partial charge in [0, 0.05) is 35.9 Å². The van der Waals surface area contributed by atoms with Gasteiger partial charge < -0.3 is 24.8 Å². The van der Waals surface area contributed by atoms with E-state index in [2.05, 4.69) is 38.1 Å². The van der Waals surface area contributed by atoms with Crippen molar-refractivity contribution in [3.8, 4) is 11.4 Å². The van der Waals surface area contributed by atoms with Crippen molar-refractivity contribution in [1.29, 1.82) is 0 Å². The molecule has 2 aromatic heterocycles. The summed E-state index contributed by atoms with van der Waals surface area (Å²) in [4.78, 5) is 18.6. The van der Waals surface area contributed by atoms with E-state index < -0.39 is 0 Å². The van der Waals surface area contributed by atoms with E-state index in [-0.39, 0.29) is 23.8 Å². The monoisotopic (exact) mass is 529 g/mol. The van der Waals surface area contributed by atoms with Crippen LogP contribution in [-0.2, 0) is 4.79 Å². The molecular formula is C29H28FN5O2S. The number of anilines is 2. The SMILES string of the molecule is COc1ccc(N2C(=S)N[C@H](c3ccccn3)[C@H]2c2cc(C)n(-c3ccc(F)cc3)c2C)cc1NC(C)=O. The van der Waals surface area contributed by atoms with Gasteiger partial charge in [0.05, 0.1) is 30.6 Å². The number of thiocarbonyl (C=S) groups is 1. The number of carbonyl (C=O) groups is 1. The Bertz CT molecular complexity index is 1500. The van der Waals surface area contributed by atoms with E-state index in [9.17, 15) is 9.18 Å². The Morgan fingerprint density at radius 3 is 2.47 bits per heavy atom. The molecular weight excluding hydrogens is 501 g/mol. The lowest BCUT2D eigenvalue weighted by atomic mass is 9.96. The van der Waals surface area contributed by atoms with Crippen LogP contribution in [-0.4, -0.2) is 27.7 Å². The summed E-state index contributed by atoms with van der Waals surface area (Å²) in [5.74, 6) is 0.0697. The van der Waals surface area contributed by atoms with Crippen LogP contribution in [0.25, 0.3) is 5.69 Å². The van der Waals surface area contributed by atoms with Gasteiger partial charge in [-0.05, 0) is 92.3 Å². The first-order chi connectivity index (χ1) is 18.3. The van der Waals surface area contributed by atoms with Crippen LogP contribution in [0.3, 0.4) is 0 Å². The number of pyridine rings is 1. The van der Waals surface area contributed by atoms with Gasteiger partial charge in [0.15, 0.2) is 5.11 Å². The first-order valence-corrected chi connectivity index (χ1v) is 12.6. The molecule has 4 aromatic rings. The molecule has 38 heavy (non-hydrogen) atoms. The lowest BCUT2D eigenvalue weighted by Gasteiger charge is -2.29.